The molecule has 0 aliphatic heterocycles. The van der Waals surface area contributed by atoms with Gasteiger partial charge in [-0.2, -0.15) is 0 Å². The average molecular weight is 445 g/mol. The minimum Gasteiger partial charge on any atom is -0.497 e. The zero-order valence-electron chi connectivity index (χ0n) is 19.2. The van der Waals surface area contributed by atoms with E-state index in [1.54, 1.807) is 25.1 Å². The van der Waals surface area contributed by atoms with E-state index in [1.165, 1.54) is 21.1 Å². The average Bonchev–Trinajstić information content (AvgIpc) is 2.71. The van der Waals surface area contributed by atoms with Gasteiger partial charge >= 0.3 is 5.97 Å². The van der Waals surface area contributed by atoms with Crippen LogP contribution in [0.4, 0.5) is 5.69 Å². The quantitative estimate of drug-likeness (QED) is 0.627. The van der Waals surface area contributed by atoms with Crippen molar-refractivity contribution < 1.29 is 28.6 Å². The molecule has 0 saturated heterocycles. The number of esters is 1. The Labute approximate surface area is 188 Å². The van der Waals surface area contributed by atoms with E-state index < -0.39 is 17.4 Å². The molecule has 4 saturated carbocycles. The zero-order chi connectivity index (χ0) is 23.1. The first-order valence-electron chi connectivity index (χ1n) is 11.2. The molecule has 2 amide bonds. The lowest BCUT2D eigenvalue weighted by Gasteiger charge is -2.60. The van der Waals surface area contributed by atoms with Crippen molar-refractivity contribution in [2.24, 2.45) is 17.3 Å². The number of amides is 2. The largest absolute Gasteiger partial charge is 0.497 e. The minimum absolute atomic E-state index is 0.0584. The molecule has 1 aromatic rings. The summed E-state index contributed by atoms with van der Waals surface area (Å²) in [6, 6.07) is 5.05. The Bertz CT molecular complexity index is 893. The Kier molecular flexibility index (Phi) is 5.81. The summed E-state index contributed by atoms with van der Waals surface area (Å²) >= 11 is 0. The fraction of sp³-hybridized carbons (Fsp3) is 0.625. The highest BCUT2D eigenvalue weighted by Crippen LogP contribution is 2.62. The van der Waals surface area contributed by atoms with Gasteiger partial charge in [0.15, 0.2) is 6.10 Å². The highest BCUT2D eigenvalue weighted by molar-refractivity contribution is 5.95. The van der Waals surface area contributed by atoms with Gasteiger partial charge in [-0.25, -0.2) is 0 Å². The van der Waals surface area contributed by atoms with Crippen LogP contribution in [0.25, 0.3) is 0 Å². The van der Waals surface area contributed by atoms with Gasteiger partial charge in [0.1, 0.15) is 11.5 Å². The second kappa shape index (κ2) is 8.30. The van der Waals surface area contributed by atoms with Crippen LogP contribution in [0.3, 0.4) is 0 Å². The van der Waals surface area contributed by atoms with Gasteiger partial charge in [-0.15, -0.1) is 0 Å². The summed E-state index contributed by atoms with van der Waals surface area (Å²) in [6.45, 7) is 3.11. The van der Waals surface area contributed by atoms with Gasteiger partial charge in [-0.05, 0) is 57.3 Å². The van der Waals surface area contributed by atoms with Crippen LogP contribution in [0.2, 0.25) is 0 Å². The maximum Gasteiger partial charge on any atom is 0.312 e. The number of hydrogen-bond donors (Lipinski definition) is 2. The number of ether oxygens (including phenoxy) is 3. The Morgan fingerprint density at radius 2 is 1.59 bits per heavy atom. The van der Waals surface area contributed by atoms with Crippen molar-refractivity contribution in [1.82, 2.24) is 5.32 Å². The molecular formula is C24H32N2O6. The van der Waals surface area contributed by atoms with Gasteiger partial charge in [0, 0.05) is 36.3 Å². The van der Waals surface area contributed by atoms with Crippen molar-refractivity contribution in [1.29, 1.82) is 0 Å². The molecule has 4 aliphatic rings. The van der Waals surface area contributed by atoms with E-state index in [2.05, 4.69) is 10.6 Å². The molecule has 0 radical (unpaired) electrons. The van der Waals surface area contributed by atoms with Crippen LogP contribution >= 0.6 is 0 Å². The van der Waals surface area contributed by atoms with E-state index in [4.69, 9.17) is 14.2 Å². The van der Waals surface area contributed by atoms with Gasteiger partial charge in [0.05, 0.1) is 19.6 Å². The molecule has 3 atom stereocenters. The van der Waals surface area contributed by atoms with Crippen molar-refractivity contribution in [3.05, 3.63) is 18.2 Å². The second-order valence-electron chi connectivity index (χ2n) is 9.84. The van der Waals surface area contributed by atoms with Crippen molar-refractivity contribution in [3.8, 4) is 11.5 Å². The van der Waals surface area contributed by atoms with Gasteiger partial charge in [-0.3, -0.25) is 14.4 Å². The molecule has 4 fully saturated rings. The standard InChI is InChI=1S/C24H32N2O6/c1-14(21(28)25-18-6-19(30-3)8-20(7-18)31-4)32-22(29)23-9-16-5-17(10-23)12-24(11-16,13-23)26-15(2)27/h6-8,14,16-17H,5,9-13H2,1-4H3,(H,25,28)(H,26,27). The number of nitrogens with one attached hydrogen (secondary N) is 2. The summed E-state index contributed by atoms with van der Waals surface area (Å²) in [5.41, 5.74) is -0.453. The van der Waals surface area contributed by atoms with E-state index in [0.29, 0.717) is 35.4 Å². The molecule has 0 aromatic heterocycles. The lowest BCUT2D eigenvalue weighted by molar-refractivity contribution is -0.181. The predicted molar refractivity (Wildman–Crippen MR) is 117 cm³/mol. The number of benzene rings is 1. The highest BCUT2D eigenvalue weighted by Gasteiger charge is 2.61. The van der Waals surface area contributed by atoms with Crippen LogP contribution in [0.5, 0.6) is 11.5 Å². The molecule has 8 heteroatoms. The van der Waals surface area contributed by atoms with Crippen LogP contribution in [0.15, 0.2) is 18.2 Å². The molecule has 32 heavy (non-hydrogen) atoms. The molecule has 2 N–H and O–H groups in total. The normalized spacial score (nSPS) is 30.9. The molecule has 8 nitrogen and oxygen atoms in total. The second-order valence-corrected chi connectivity index (χ2v) is 9.84. The van der Waals surface area contributed by atoms with E-state index >= 15 is 0 Å². The van der Waals surface area contributed by atoms with E-state index in [-0.39, 0.29) is 17.4 Å². The van der Waals surface area contributed by atoms with Gasteiger partial charge < -0.3 is 24.8 Å². The molecule has 0 heterocycles. The van der Waals surface area contributed by atoms with Crippen LogP contribution < -0.4 is 20.1 Å². The number of hydrogen-bond acceptors (Lipinski definition) is 6. The topological polar surface area (TPSA) is 103 Å². The van der Waals surface area contributed by atoms with E-state index in [0.717, 1.165) is 32.1 Å². The molecule has 5 rings (SSSR count). The Morgan fingerprint density at radius 3 is 2.12 bits per heavy atom. The summed E-state index contributed by atoms with van der Waals surface area (Å²) < 4.78 is 16.2. The SMILES string of the molecule is COc1cc(NC(=O)C(C)OC(=O)C23CC4CC(CC(NC(C)=O)(C4)C2)C3)cc(OC)c1. The summed E-state index contributed by atoms with van der Waals surface area (Å²) in [6.07, 6.45) is 4.12. The molecular weight excluding hydrogens is 412 g/mol. The van der Waals surface area contributed by atoms with Crippen LogP contribution in [0, 0.1) is 17.3 Å². The maximum atomic E-state index is 13.3. The fourth-order valence-electron chi connectivity index (χ4n) is 6.48. The summed E-state index contributed by atoms with van der Waals surface area (Å²) in [7, 11) is 3.06. The fourth-order valence-corrected chi connectivity index (χ4v) is 6.48. The first kappa shape index (κ1) is 22.4. The van der Waals surface area contributed by atoms with Crippen LogP contribution in [0.1, 0.15) is 52.4 Å². The first-order valence-corrected chi connectivity index (χ1v) is 11.2. The molecule has 174 valence electrons. The van der Waals surface area contributed by atoms with E-state index in [1.807, 2.05) is 0 Å². The van der Waals surface area contributed by atoms with Gasteiger partial charge in [0.25, 0.3) is 5.91 Å². The van der Waals surface area contributed by atoms with Crippen LogP contribution in [-0.2, 0) is 19.1 Å². The third-order valence-electron chi connectivity index (χ3n) is 7.21. The zero-order valence-corrected chi connectivity index (χ0v) is 19.2. The number of carbonyl (C=O) groups excluding carboxylic acids is 3. The Morgan fingerprint density at radius 1 is 1.00 bits per heavy atom. The van der Waals surface area contributed by atoms with Gasteiger partial charge in [0.2, 0.25) is 5.91 Å². The lowest BCUT2D eigenvalue weighted by Crippen LogP contribution is -2.65. The van der Waals surface area contributed by atoms with Crippen molar-refractivity contribution >= 4 is 23.5 Å². The molecule has 3 unspecified atom stereocenters. The number of methoxy groups -OCH3 is 2. The third kappa shape index (κ3) is 4.27. The molecule has 4 bridgehead atoms. The summed E-state index contributed by atoms with van der Waals surface area (Å²) in [5.74, 6) is 1.09. The Balaban J connectivity index is 1.44. The smallest absolute Gasteiger partial charge is 0.312 e. The molecule has 4 aliphatic carbocycles. The number of carbonyl (C=O) groups is 3. The first-order chi connectivity index (χ1) is 15.2. The lowest BCUT2D eigenvalue weighted by atomic mass is 9.47. The van der Waals surface area contributed by atoms with Crippen molar-refractivity contribution in [2.75, 3.05) is 19.5 Å². The van der Waals surface area contributed by atoms with Gasteiger partial charge in [-0.1, -0.05) is 0 Å². The monoisotopic (exact) mass is 444 g/mol. The summed E-state index contributed by atoms with van der Waals surface area (Å²) in [5, 5.41) is 5.92. The number of anilines is 1. The summed E-state index contributed by atoms with van der Waals surface area (Å²) in [4.78, 5) is 37.9. The maximum absolute atomic E-state index is 13.3. The highest BCUT2D eigenvalue weighted by atomic mass is 16.5. The number of rotatable bonds is 7. The Hall–Kier alpha value is -2.77. The third-order valence-corrected chi connectivity index (χ3v) is 7.21. The minimum atomic E-state index is -0.954. The molecule has 0 spiro atoms. The predicted octanol–water partition coefficient (Wildman–Crippen LogP) is 3.05. The molecule has 1 aromatic carbocycles. The van der Waals surface area contributed by atoms with E-state index in [9.17, 15) is 14.4 Å². The van der Waals surface area contributed by atoms with Crippen molar-refractivity contribution in [2.45, 2.75) is 64.0 Å². The van der Waals surface area contributed by atoms with Crippen LogP contribution in [-0.4, -0.2) is 43.6 Å². The van der Waals surface area contributed by atoms with Crippen molar-refractivity contribution in [3.63, 3.8) is 0 Å².